The van der Waals surface area contributed by atoms with E-state index in [1.165, 1.54) is 77.0 Å². The number of ether oxygens (including phenoxy) is 3. The van der Waals surface area contributed by atoms with Crippen LogP contribution in [0.5, 0.6) is 0 Å². The molecule has 3 heterocycles. The molecule has 2 aromatic rings. The first-order valence-electron chi connectivity index (χ1n) is 16.1. The normalized spacial score (nSPS) is 23.0. The SMILES string of the molecule is CCCCCCCCCCCCCCC(C)OC(CC)OP1(=O)CO[C@H](Cn2cnc3c(N)ncnc32)COC(C)O1. The lowest BCUT2D eigenvalue weighted by atomic mass is 10.0. The van der Waals surface area contributed by atoms with Crippen LogP contribution in [0.15, 0.2) is 12.7 Å². The van der Waals surface area contributed by atoms with E-state index in [9.17, 15) is 4.57 Å². The first kappa shape index (κ1) is 34.9. The molecule has 0 aromatic carbocycles. The van der Waals surface area contributed by atoms with Crippen molar-refractivity contribution in [2.24, 2.45) is 0 Å². The molecular formula is C30H54N5O6P. The maximum atomic E-state index is 13.7. The average molecular weight is 612 g/mol. The molecular weight excluding hydrogens is 557 g/mol. The van der Waals surface area contributed by atoms with Crippen molar-refractivity contribution in [3.8, 4) is 0 Å². The number of imidazole rings is 1. The Balaban J connectivity index is 1.37. The number of unbranched alkanes of at least 4 members (excludes halogenated alkanes) is 11. The highest BCUT2D eigenvalue weighted by Crippen LogP contribution is 2.52. The molecule has 1 aliphatic heterocycles. The minimum atomic E-state index is -3.65. The quantitative estimate of drug-likeness (QED) is 0.0907. The summed E-state index contributed by atoms with van der Waals surface area (Å²) in [6.45, 7) is 8.58. The Bertz CT molecular complexity index is 1070. The van der Waals surface area contributed by atoms with Gasteiger partial charge in [0.2, 0.25) is 0 Å². The first-order valence-corrected chi connectivity index (χ1v) is 17.8. The fraction of sp³-hybridized carbons (Fsp3) is 0.833. The van der Waals surface area contributed by atoms with Crippen LogP contribution in [0.2, 0.25) is 0 Å². The van der Waals surface area contributed by atoms with Crippen molar-refractivity contribution in [3.63, 3.8) is 0 Å². The number of rotatable bonds is 20. The molecule has 1 saturated heterocycles. The van der Waals surface area contributed by atoms with Crippen LogP contribution < -0.4 is 5.73 Å². The highest BCUT2D eigenvalue weighted by molar-refractivity contribution is 7.53. The van der Waals surface area contributed by atoms with Crippen LogP contribution in [-0.2, 0) is 34.4 Å². The minimum absolute atomic E-state index is 0.00860. The molecule has 5 atom stereocenters. The number of nitrogen functional groups attached to an aromatic ring is 1. The molecule has 42 heavy (non-hydrogen) atoms. The summed E-state index contributed by atoms with van der Waals surface area (Å²) in [6.07, 6.45) is 18.3. The van der Waals surface area contributed by atoms with Gasteiger partial charge in [0, 0.05) is 0 Å². The van der Waals surface area contributed by atoms with E-state index in [0.29, 0.717) is 29.9 Å². The fourth-order valence-electron chi connectivity index (χ4n) is 5.16. The smallest absolute Gasteiger partial charge is 0.360 e. The molecule has 2 aromatic heterocycles. The lowest BCUT2D eigenvalue weighted by Gasteiger charge is -2.32. The fourth-order valence-corrected chi connectivity index (χ4v) is 6.80. The third kappa shape index (κ3) is 12.2. The summed E-state index contributed by atoms with van der Waals surface area (Å²) >= 11 is 0. The van der Waals surface area contributed by atoms with E-state index >= 15 is 0 Å². The van der Waals surface area contributed by atoms with E-state index in [-0.39, 0.29) is 19.1 Å². The predicted molar refractivity (Wildman–Crippen MR) is 165 cm³/mol. The third-order valence-electron chi connectivity index (χ3n) is 7.58. The van der Waals surface area contributed by atoms with Crippen molar-refractivity contribution in [2.45, 2.75) is 149 Å². The van der Waals surface area contributed by atoms with Crippen LogP contribution in [0.25, 0.3) is 11.2 Å². The van der Waals surface area contributed by atoms with Crippen LogP contribution >= 0.6 is 7.60 Å². The van der Waals surface area contributed by atoms with Crippen molar-refractivity contribution in [3.05, 3.63) is 12.7 Å². The summed E-state index contributed by atoms with van der Waals surface area (Å²) in [5, 5.41) is 0. The van der Waals surface area contributed by atoms with Gasteiger partial charge in [0.05, 0.1) is 31.7 Å². The molecule has 1 aliphatic rings. The van der Waals surface area contributed by atoms with Gasteiger partial charge in [-0.2, -0.15) is 0 Å². The van der Waals surface area contributed by atoms with E-state index in [2.05, 4.69) is 21.9 Å². The molecule has 0 bridgehead atoms. The van der Waals surface area contributed by atoms with Crippen LogP contribution in [0, 0.1) is 0 Å². The lowest BCUT2D eigenvalue weighted by Crippen LogP contribution is -2.33. The van der Waals surface area contributed by atoms with Gasteiger partial charge in [-0.15, -0.1) is 0 Å². The highest BCUT2D eigenvalue weighted by atomic mass is 31.2. The summed E-state index contributed by atoms with van der Waals surface area (Å²) in [6, 6.07) is 0. The molecule has 0 radical (unpaired) electrons. The van der Waals surface area contributed by atoms with Crippen LogP contribution in [-0.4, -0.2) is 57.3 Å². The third-order valence-corrected chi connectivity index (χ3v) is 9.22. The van der Waals surface area contributed by atoms with E-state index in [4.69, 9.17) is 29.0 Å². The lowest BCUT2D eigenvalue weighted by molar-refractivity contribution is -0.157. The van der Waals surface area contributed by atoms with Gasteiger partial charge in [-0.25, -0.2) is 15.0 Å². The van der Waals surface area contributed by atoms with Gasteiger partial charge in [-0.1, -0.05) is 90.9 Å². The molecule has 12 heteroatoms. The summed E-state index contributed by atoms with van der Waals surface area (Å²) in [5.41, 5.74) is 7.03. The van der Waals surface area contributed by atoms with Gasteiger partial charge in [-0.3, -0.25) is 13.6 Å². The van der Waals surface area contributed by atoms with Crippen molar-refractivity contribution in [1.82, 2.24) is 19.5 Å². The topological polar surface area (TPSA) is 133 Å². The second-order valence-corrected chi connectivity index (χ2v) is 13.3. The molecule has 2 N–H and O–H groups in total. The molecule has 0 aliphatic carbocycles. The van der Waals surface area contributed by atoms with Crippen molar-refractivity contribution >= 4 is 24.6 Å². The number of nitrogens with two attached hydrogens (primary N) is 1. The van der Waals surface area contributed by atoms with Crippen LogP contribution in [0.1, 0.15) is 118 Å². The van der Waals surface area contributed by atoms with Crippen LogP contribution in [0.4, 0.5) is 5.82 Å². The Morgan fingerprint density at radius 1 is 1.00 bits per heavy atom. The predicted octanol–water partition coefficient (Wildman–Crippen LogP) is 7.59. The zero-order valence-electron chi connectivity index (χ0n) is 26.2. The minimum Gasteiger partial charge on any atom is -0.382 e. The van der Waals surface area contributed by atoms with Gasteiger partial charge in [-0.05, 0) is 26.7 Å². The maximum Gasteiger partial charge on any atom is 0.360 e. The zero-order valence-corrected chi connectivity index (χ0v) is 27.1. The molecule has 240 valence electrons. The molecule has 0 spiro atoms. The Morgan fingerprint density at radius 2 is 1.67 bits per heavy atom. The summed E-state index contributed by atoms with van der Waals surface area (Å²) in [5.74, 6) is 0.312. The monoisotopic (exact) mass is 611 g/mol. The van der Waals surface area contributed by atoms with Gasteiger partial charge in [0.25, 0.3) is 0 Å². The van der Waals surface area contributed by atoms with E-state index < -0.39 is 26.3 Å². The highest BCUT2D eigenvalue weighted by Gasteiger charge is 2.36. The van der Waals surface area contributed by atoms with Crippen molar-refractivity contribution in [2.75, 3.05) is 18.7 Å². The zero-order chi connectivity index (χ0) is 30.2. The number of anilines is 1. The average Bonchev–Trinajstić information content (AvgIpc) is 3.38. The molecule has 0 saturated carbocycles. The number of hydrogen-bond donors (Lipinski definition) is 1. The molecule has 3 rings (SSSR count). The van der Waals surface area contributed by atoms with Gasteiger partial charge in [0.1, 0.15) is 18.2 Å². The standard InChI is InChI=1S/C30H54N5O6P/c1-5-7-8-9-10-11-12-13-14-15-16-17-18-24(3)39-27(6-2)41-42(36)23-38-26(20-37-25(4)40-42)19-35-22-34-28-29(31)32-21-33-30(28)35/h21-22,24-27H,5-20,23H2,1-4H3,(H2,31,32,33)/t24?,25?,26-,27?,42?/m1/s1. The van der Waals surface area contributed by atoms with Crippen LogP contribution in [0.3, 0.4) is 0 Å². The maximum absolute atomic E-state index is 13.7. The summed E-state index contributed by atoms with van der Waals surface area (Å²) in [4.78, 5) is 12.6. The van der Waals surface area contributed by atoms with E-state index in [1.54, 1.807) is 13.3 Å². The Labute approximate surface area is 252 Å². The Morgan fingerprint density at radius 3 is 2.33 bits per heavy atom. The van der Waals surface area contributed by atoms with E-state index in [0.717, 1.165) is 12.8 Å². The Kier molecular flexibility index (Phi) is 15.7. The number of hydrogen-bond acceptors (Lipinski definition) is 10. The Hall–Kier alpha value is -1.62. The second-order valence-electron chi connectivity index (χ2n) is 11.4. The molecule has 1 fully saturated rings. The molecule has 4 unspecified atom stereocenters. The summed E-state index contributed by atoms with van der Waals surface area (Å²) < 4.78 is 45.0. The van der Waals surface area contributed by atoms with Crippen molar-refractivity contribution in [1.29, 1.82) is 0 Å². The second kappa shape index (κ2) is 18.9. The number of nitrogens with zero attached hydrogens (tertiary/aromatic N) is 4. The molecule has 11 nitrogen and oxygen atoms in total. The number of fused-ring (bicyclic) bond motifs is 1. The number of aromatic nitrogens is 4. The molecule has 0 amide bonds. The van der Waals surface area contributed by atoms with Gasteiger partial charge in [0.15, 0.2) is 24.0 Å². The first-order chi connectivity index (χ1) is 20.3. The van der Waals surface area contributed by atoms with E-state index in [1.807, 2.05) is 18.4 Å². The van der Waals surface area contributed by atoms with Gasteiger partial charge >= 0.3 is 7.60 Å². The summed E-state index contributed by atoms with van der Waals surface area (Å²) in [7, 11) is -3.65. The van der Waals surface area contributed by atoms with Crippen molar-refractivity contribution < 1.29 is 27.8 Å². The van der Waals surface area contributed by atoms with Gasteiger partial charge < -0.3 is 24.5 Å². The largest absolute Gasteiger partial charge is 0.382 e.